The van der Waals surface area contributed by atoms with E-state index in [0.717, 1.165) is 25.7 Å². The van der Waals surface area contributed by atoms with Crippen LogP contribution in [0, 0.1) is 5.92 Å². The highest BCUT2D eigenvalue weighted by atomic mass is 16.6. The molecule has 130 valence electrons. The molecule has 0 N–H and O–H groups in total. The normalized spacial score (nSPS) is 42.0. The average molecular weight is 330 g/mol. The van der Waals surface area contributed by atoms with Crippen LogP contribution in [0.4, 0.5) is 0 Å². The van der Waals surface area contributed by atoms with Crippen LogP contribution in [0.1, 0.15) is 52.9 Å². The van der Waals surface area contributed by atoms with E-state index < -0.39 is 12.1 Å². The van der Waals surface area contributed by atoms with E-state index in [2.05, 4.69) is 26.5 Å². The minimum atomic E-state index is -0.741. The molecule has 1 aliphatic carbocycles. The van der Waals surface area contributed by atoms with Crippen molar-refractivity contribution >= 4 is 11.8 Å². The second-order valence-electron chi connectivity index (χ2n) is 7.49. The Kier molecular flexibility index (Phi) is 4.52. The van der Waals surface area contributed by atoms with Crippen molar-refractivity contribution in [3.8, 4) is 0 Å². The molecule has 3 rings (SSSR count). The second-order valence-corrected chi connectivity index (χ2v) is 7.49. The first kappa shape index (κ1) is 17.2. The summed E-state index contributed by atoms with van der Waals surface area (Å²) in [5, 5.41) is 0. The van der Waals surface area contributed by atoms with Crippen molar-refractivity contribution in [1.82, 2.24) is 0 Å². The van der Waals surface area contributed by atoms with Crippen LogP contribution in [0.25, 0.3) is 0 Å². The Morgan fingerprint density at radius 2 is 1.96 bits per heavy atom. The van der Waals surface area contributed by atoms with Gasteiger partial charge in [0.2, 0.25) is 0 Å². The monoisotopic (exact) mass is 330 g/mol. The summed E-state index contributed by atoms with van der Waals surface area (Å²) in [6, 6.07) is 0. The number of rotatable bonds is 0. The zero-order chi connectivity index (χ0) is 17.5. The number of Topliss-reactive ketones (excluding diaryl/α,β-unsaturated/α-hetero) is 1. The quantitative estimate of drug-likeness (QED) is 0.294. The standard InChI is InChI=1S/C20H26O4/c1-12-7-5-9-13(2)17(21)18-15(14(3)19(22)23-18)11-16-20(4,24-16)10-6-8-12/h8-9,15-16,18H,3,5-7,10-11H2,1-2,4H3/b12-8+,13-9+/t15-,16+,18+,20+/m0/s1. The maximum absolute atomic E-state index is 12.7. The van der Waals surface area contributed by atoms with Crippen LogP contribution in [-0.2, 0) is 19.1 Å². The van der Waals surface area contributed by atoms with Crippen molar-refractivity contribution in [3.05, 3.63) is 35.5 Å². The summed E-state index contributed by atoms with van der Waals surface area (Å²) in [7, 11) is 0. The first-order valence-electron chi connectivity index (χ1n) is 8.76. The van der Waals surface area contributed by atoms with E-state index in [1.54, 1.807) is 6.92 Å². The Bertz CT molecular complexity index is 642. The number of ether oxygens (including phenoxy) is 2. The highest BCUT2D eigenvalue weighted by Crippen LogP contribution is 2.47. The lowest BCUT2D eigenvalue weighted by molar-refractivity contribution is -0.145. The summed E-state index contributed by atoms with van der Waals surface area (Å²) >= 11 is 0. The van der Waals surface area contributed by atoms with Crippen molar-refractivity contribution in [2.75, 3.05) is 0 Å². The number of hydrogen-bond donors (Lipinski definition) is 0. The summed E-state index contributed by atoms with van der Waals surface area (Å²) in [5.41, 5.74) is 2.24. The molecule has 0 aromatic carbocycles. The zero-order valence-electron chi connectivity index (χ0n) is 14.8. The third-order valence-electron chi connectivity index (χ3n) is 5.58. The molecule has 0 unspecified atom stereocenters. The predicted molar refractivity (Wildman–Crippen MR) is 91.4 cm³/mol. The molecule has 4 nitrogen and oxygen atoms in total. The van der Waals surface area contributed by atoms with Crippen molar-refractivity contribution < 1.29 is 19.1 Å². The zero-order valence-corrected chi connectivity index (χ0v) is 14.8. The maximum Gasteiger partial charge on any atom is 0.334 e. The van der Waals surface area contributed by atoms with Gasteiger partial charge in [-0.15, -0.1) is 0 Å². The number of fused-ring (bicyclic) bond motifs is 2. The summed E-state index contributed by atoms with van der Waals surface area (Å²) in [6.07, 6.45) is 7.86. The van der Waals surface area contributed by atoms with E-state index in [4.69, 9.17) is 9.47 Å². The van der Waals surface area contributed by atoms with E-state index in [0.29, 0.717) is 17.6 Å². The Labute approximate surface area is 143 Å². The van der Waals surface area contributed by atoms with Gasteiger partial charge in [-0.1, -0.05) is 24.3 Å². The summed E-state index contributed by atoms with van der Waals surface area (Å²) in [6.45, 7) is 9.89. The Morgan fingerprint density at radius 1 is 1.21 bits per heavy atom. The third kappa shape index (κ3) is 3.25. The number of carbonyl (C=O) groups is 2. The molecule has 4 atom stereocenters. The van der Waals surface area contributed by atoms with Gasteiger partial charge in [0.05, 0.1) is 11.7 Å². The van der Waals surface area contributed by atoms with E-state index >= 15 is 0 Å². The van der Waals surface area contributed by atoms with Crippen LogP contribution >= 0.6 is 0 Å². The highest BCUT2D eigenvalue weighted by molar-refractivity contribution is 6.04. The minimum Gasteiger partial charge on any atom is -0.450 e. The van der Waals surface area contributed by atoms with Crippen LogP contribution in [0.2, 0.25) is 0 Å². The van der Waals surface area contributed by atoms with E-state index in [1.807, 2.05) is 6.08 Å². The van der Waals surface area contributed by atoms with Gasteiger partial charge in [-0.3, -0.25) is 4.79 Å². The molecule has 2 aliphatic heterocycles. The Balaban J connectivity index is 1.86. The Hall–Kier alpha value is -1.68. The van der Waals surface area contributed by atoms with Gasteiger partial charge in [-0.05, 0) is 58.4 Å². The summed E-state index contributed by atoms with van der Waals surface area (Å²) < 4.78 is 11.3. The fraction of sp³-hybridized carbons (Fsp3) is 0.600. The van der Waals surface area contributed by atoms with Crippen LogP contribution < -0.4 is 0 Å². The van der Waals surface area contributed by atoms with Crippen molar-refractivity contribution in [2.24, 2.45) is 5.92 Å². The molecule has 4 heteroatoms. The highest BCUT2D eigenvalue weighted by Gasteiger charge is 2.55. The molecule has 24 heavy (non-hydrogen) atoms. The van der Waals surface area contributed by atoms with Crippen molar-refractivity contribution in [1.29, 1.82) is 0 Å². The van der Waals surface area contributed by atoms with Crippen LogP contribution in [0.3, 0.4) is 0 Å². The molecule has 0 radical (unpaired) electrons. The van der Waals surface area contributed by atoms with Gasteiger partial charge >= 0.3 is 5.97 Å². The van der Waals surface area contributed by atoms with Crippen molar-refractivity contribution in [2.45, 2.75) is 70.7 Å². The number of allylic oxidation sites excluding steroid dienone is 3. The lowest BCUT2D eigenvalue weighted by Crippen LogP contribution is -2.29. The topological polar surface area (TPSA) is 55.9 Å². The van der Waals surface area contributed by atoms with E-state index in [9.17, 15) is 9.59 Å². The molecule has 0 spiro atoms. The Morgan fingerprint density at radius 3 is 2.71 bits per heavy atom. The minimum absolute atomic E-state index is 0.0602. The molecule has 2 heterocycles. The lowest BCUT2D eigenvalue weighted by atomic mass is 9.85. The van der Waals surface area contributed by atoms with E-state index in [1.165, 1.54) is 5.57 Å². The summed E-state index contributed by atoms with van der Waals surface area (Å²) in [5.74, 6) is -0.830. The molecule has 2 fully saturated rings. The van der Waals surface area contributed by atoms with Gasteiger partial charge in [0.25, 0.3) is 0 Å². The van der Waals surface area contributed by atoms with Gasteiger partial charge in [0.15, 0.2) is 11.9 Å². The molecular weight excluding hydrogens is 304 g/mol. The van der Waals surface area contributed by atoms with Gasteiger partial charge in [0, 0.05) is 11.5 Å². The SMILES string of the molecule is C=C1C(=O)O[C@H]2C(=O)/C(C)=C/CC/C(C)=C/CC[C@@]3(C)O[C@@H]3C[C@@H]12. The first-order valence-corrected chi connectivity index (χ1v) is 8.76. The molecule has 2 saturated heterocycles. The second kappa shape index (κ2) is 6.32. The predicted octanol–water partition coefficient (Wildman–Crippen LogP) is 3.67. The average Bonchev–Trinajstić information content (AvgIpc) is 3.08. The fourth-order valence-electron chi connectivity index (χ4n) is 3.70. The molecular formula is C20H26O4. The molecule has 0 aromatic heterocycles. The van der Waals surface area contributed by atoms with Crippen LogP contribution in [0.15, 0.2) is 35.5 Å². The van der Waals surface area contributed by atoms with Gasteiger partial charge in [0.1, 0.15) is 0 Å². The van der Waals surface area contributed by atoms with Gasteiger partial charge < -0.3 is 9.47 Å². The number of ketones is 1. The third-order valence-corrected chi connectivity index (χ3v) is 5.58. The first-order chi connectivity index (χ1) is 11.3. The van der Waals surface area contributed by atoms with Crippen LogP contribution in [0.5, 0.6) is 0 Å². The van der Waals surface area contributed by atoms with Gasteiger partial charge in [-0.2, -0.15) is 0 Å². The largest absolute Gasteiger partial charge is 0.450 e. The van der Waals surface area contributed by atoms with Crippen LogP contribution in [-0.4, -0.2) is 29.6 Å². The van der Waals surface area contributed by atoms with E-state index in [-0.39, 0.29) is 23.4 Å². The summed E-state index contributed by atoms with van der Waals surface area (Å²) in [4.78, 5) is 24.7. The fourth-order valence-corrected chi connectivity index (χ4v) is 3.70. The van der Waals surface area contributed by atoms with Crippen molar-refractivity contribution in [3.63, 3.8) is 0 Å². The number of carbonyl (C=O) groups excluding carboxylic acids is 2. The molecule has 0 amide bonds. The smallest absolute Gasteiger partial charge is 0.334 e. The molecule has 0 saturated carbocycles. The molecule has 0 aromatic rings. The maximum atomic E-state index is 12.7. The molecule has 3 aliphatic rings. The number of esters is 1. The van der Waals surface area contributed by atoms with Gasteiger partial charge in [-0.25, -0.2) is 4.79 Å². The lowest BCUT2D eigenvalue weighted by Gasteiger charge is -2.17. The molecule has 0 bridgehead atoms. The number of epoxide rings is 1. The number of hydrogen-bond acceptors (Lipinski definition) is 4.